The lowest BCUT2D eigenvalue weighted by molar-refractivity contribution is -0.140. The number of benzene rings is 5. The summed E-state index contributed by atoms with van der Waals surface area (Å²) in [6.45, 7) is 0. The van der Waals surface area contributed by atoms with Gasteiger partial charge in [-0.05, 0) is 43.1 Å². The zero-order valence-corrected chi connectivity index (χ0v) is 15.5. The Morgan fingerprint density at radius 2 is 1.25 bits per heavy atom. The maximum atomic E-state index is 12.8. The number of methoxy groups -OCH3 is 1. The second-order valence-electron chi connectivity index (χ2n) is 7.10. The molecule has 0 aliphatic heterocycles. The van der Waals surface area contributed by atoms with Gasteiger partial charge in [0.25, 0.3) is 0 Å². The Labute approximate surface area is 161 Å². The SMILES string of the molecule is COC(=O)CCC(=O)c1ccc2c3cccc4cccc(c5cccc1c52)c43. The maximum absolute atomic E-state index is 12.8. The van der Waals surface area contributed by atoms with Crippen LogP contribution in [-0.4, -0.2) is 18.9 Å². The number of Topliss-reactive ketones (excluding diaryl/α,β-unsaturated/α-hetero) is 1. The standard InChI is InChI=1S/C25H18O3/c1-28-23(27)14-13-22(26)16-11-12-21-19-8-3-6-15-5-2-7-18(24(15)19)20-10-4-9-17(16)25(20)21/h2-12H,13-14H2,1H3. The van der Waals surface area contributed by atoms with Crippen LogP contribution in [0.1, 0.15) is 23.2 Å². The lowest BCUT2D eigenvalue weighted by Gasteiger charge is -2.16. The van der Waals surface area contributed by atoms with Gasteiger partial charge in [-0.2, -0.15) is 0 Å². The second kappa shape index (κ2) is 6.31. The monoisotopic (exact) mass is 366 g/mol. The number of hydrogen-bond donors (Lipinski definition) is 0. The molecule has 5 aromatic carbocycles. The number of rotatable bonds is 4. The van der Waals surface area contributed by atoms with E-state index in [0.29, 0.717) is 5.56 Å². The summed E-state index contributed by atoms with van der Waals surface area (Å²) in [6, 6.07) is 22.8. The Bertz CT molecular complexity index is 1330. The lowest BCUT2D eigenvalue weighted by atomic mass is 9.87. The number of ketones is 1. The van der Waals surface area contributed by atoms with E-state index in [1.165, 1.54) is 28.7 Å². The van der Waals surface area contributed by atoms with Crippen LogP contribution in [0, 0.1) is 0 Å². The Hall–Kier alpha value is -3.46. The van der Waals surface area contributed by atoms with Crippen LogP contribution in [0.25, 0.3) is 43.1 Å². The highest BCUT2D eigenvalue weighted by Gasteiger charge is 2.17. The van der Waals surface area contributed by atoms with Gasteiger partial charge in [0.2, 0.25) is 0 Å². The summed E-state index contributed by atoms with van der Waals surface area (Å²) in [7, 11) is 1.34. The molecule has 0 N–H and O–H groups in total. The molecule has 0 saturated carbocycles. The maximum Gasteiger partial charge on any atom is 0.305 e. The highest BCUT2D eigenvalue weighted by Crippen LogP contribution is 2.41. The third-order valence-corrected chi connectivity index (χ3v) is 5.61. The van der Waals surface area contributed by atoms with E-state index in [-0.39, 0.29) is 24.6 Å². The van der Waals surface area contributed by atoms with Gasteiger partial charge in [0.1, 0.15) is 0 Å². The fourth-order valence-corrected chi connectivity index (χ4v) is 4.34. The van der Waals surface area contributed by atoms with Gasteiger partial charge < -0.3 is 4.74 Å². The smallest absolute Gasteiger partial charge is 0.305 e. The lowest BCUT2D eigenvalue weighted by Crippen LogP contribution is -2.06. The molecule has 0 aromatic heterocycles. The first-order chi connectivity index (χ1) is 13.7. The summed E-state index contributed by atoms with van der Waals surface area (Å²) in [4.78, 5) is 24.3. The zero-order valence-electron chi connectivity index (χ0n) is 15.5. The van der Waals surface area contributed by atoms with Crippen molar-refractivity contribution < 1.29 is 14.3 Å². The number of hydrogen-bond acceptors (Lipinski definition) is 3. The minimum absolute atomic E-state index is 0.0360. The summed E-state index contributed by atoms with van der Waals surface area (Å²) in [5.41, 5.74) is 0.663. The van der Waals surface area contributed by atoms with E-state index in [2.05, 4.69) is 47.2 Å². The third kappa shape index (κ3) is 2.36. The van der Waals surface area contributed by atoms with Gasteiger partial charge in [0.05, 0.1) is 13.5 Å². The summed E-state index contributed by atoms with van der Waals surface area (Å²) in [6.07, 6.45) is 0.248. The topological polar surface area (TPSA) is 43.4 Å². The minimum atomic E-state index is -0.364. The first-order valence-electron chi connectivity index (χ1n) is 9.37. The molecule has 0 fully saturated rings. The van der Waals surface area contributed by atoms with Crippen molar-refractivity contribution >= 4 is 54.8 Å². The van der Waals surface area contributed by atoms with Crippen LogP contribution in [0.2, 0.25) is 0 Å². The van der Waals surface area contributed by atoms with E-state index < -0.39 is 0 Å². The Kier molecular flexibility index (Phi) is 3.76. The second-order valence-corrected chi connectivity index (χ2v) is 7.10. The van der Waals surface area contributed by atoms with Gasteiger partial charge in [0.15, 0.2) is 5.78 Å². The van der Waals surface area contributed by atoms with Gasteiger partial charge in [-0.15, -0.1) is 0 Å². The Morgan fingerprint density at radius 1 is 0.679 bits per heavy atom. The molecule has 0 aliphatic carbocycles. The average molecular weight is 366 g/mol. The third-order valence-electron chi connectivity index (χ3n) is 5.61. The number of ether oxygens (including phenoxy) is 1. The van der Waals surface area contributed by atoms with Crippen LogP contribution in [0.4, 0.5) is 0 Å². The van der Waals surface area contributed by atoms with Crippen molar-refractivity contribution in [1.29, 1.82) is 0 Å². The van der Waals surface area contributed by atoms with Gasteiger partial charge in [-0.3, -0.25) is 9.59 Å². The van der Waals surface area contributed by atoms with Crippen LogP contribution in [0.5, 0.6) is 0 Å². The van der Waals surface area contributed by atoms with Crippen LogP contribution in [0.3, 0.4) is 0 Å². The molecule has 3 heteroatoms. The first-order valence-corrected chi connectivity index (χ1v) is 9.37. The fourth-order valence-electron chi connectivity index (χ4n) is 4.34. The Morgan fingerprint density at radius 3 is 1.93 bits per heavy atom. The molecule has 28 heavy (non-hydrogen) atoms. The predicted octanol–water partition coefficient (Wildman–Crippen LogP) is 5.87. The number of fused-ring (bicyclic) bond motifs is 2. The largest absolute Gasteiger partial charge is 0.469 e. The molecular formula is C25H18O3. The Balaban J connectivity index is 1.82. The molecule has 0 amide bonds. The normalized spacial score (nSPS) is 11.6. The molecule has 0 aliphatic rings. The quantitative estimate of drug-likeness (QED) is 0.173. The summed E-state index contributed by atoms with van der Waals surface area (Å²) >= 11 is 0. The van der Waals surface area contributed by atoms with Crippen molar-refractivity contribution in [3.05, 3.63) is 72.3 Å². The predicted molar refractivity (Wildman–Crippen MR) is 113 cm³/mol. The van der Waals surface area contributed by atoms with Gasteiger partial charge in [-0.1, -0.05) is 66.7 Å². The van der Waals surface area contributed by atoms with E-state index in [0.717, 1.165) is 21.5 Å². The fraction of sp³-hybridized carbons (Fsp3) is 0.120. The molecule has 5 aromatic rings. The molecule has 5 rings (SSSR count). The summed E-state index contributed by atoms with van der Waals surface area (Å²) in [5.74, 6) is -0.400. The molecule has 0 saturated heterocycles. The van der Waals surface area contributed by atoms with Gasteiger partial charge in [0, 0.05) is 12.0 Å². The molecular weight excluding hydrogens is 348 g/mol. The van der Waals surface area contributed by atoms with Crippen molar-refractivity contribution in [2.75, 3.05) is 7.11 Å². The molecule has 136 valence electrons. The highest BCUT2D eigenvalue weighted by molar-refractivity contribution is 6.34. The summed E-state index contributed by atoms with van der Waals surface area (Å²) < 4.78 is 4.67. The molecule has 3 nitrogen and oxygen atoms in total. The highest BCUT2D eigenvalue weighted by atomic mass is 16.5. The van der Waals surface area contributed by atoms with Crippen LogP contribution >= 0.6 is 0 Å². The van der Waals surface area contributed by atoms with Crippen molar-refractivity contribution in [2.24, 2.45) is 0 Å². The van der Waals surface area contributed by atoms with E-state index in [9.17, 15) is 9.59 Å². The van der Waals surface area contributed by atoms with Crippen molar-refractivity contribution in [1.82, 2.24) is 0 Å². The van der Waals surface area contributed by atoms with Crippen LogP contribution in [-0.2, 0) is 9.53 Å². The molecule has 0 bridgehead atoms. The zero-order chi connectivity index (χ0) is 19.3. The number of carbonyl (C=O) groups excluding carboxylic acids is 2. The van der Waals surface area contributed by atoms with Crippen molar-refractivity contribution in [2.45, 2.75) is 12.8 Å². The van der Waals surface area contributed by atoms with Crippen molar-refractivity contribution in [3.63, 3.8) is 0 Å². The molecule has 0 unspecified atom stereocenters. The van der Waals surface area contributed by atoms with E-state index in [1.54, 1.807) is 0 Å². The van der Waals surface area contributed by atoms with Crippen LogP contribution in [0.15, 0.2) is 66.7 Å². The molecule has 0 spiro atoms. The van der Waals surface area contributed by atoms with E-state index in [4.69, 9.17) is 0 Å². The molecule has 0 atom stereocenters. The number of esters is 1. The molecule has 0 radical (unpaired) electrons. The van der Waals surface area contributed by atoms with Crippen LogP contribution < -0.4 is 0 Å². The van der Waals surface area contributed by atoms with E-state index in [1.807, 2.05) is 24.3 Å². The van der Waals surface area contributed by atoms with E-state index >= 15 is 0 Å². The number of carbonyl (C=O) groups is 2. The summed E-state index contributed by atoms with van der Waals surface area (Å²) in [5, 5.41) is 9.23. The average Bonchev–Trinajstić information content (AvgIpc) is 2.75. The van der Waals surface area contributed by atoms with Gasteiger partial charge >= 0.3 is 5.97 Å². The van der Waals surface area contributed by atoms with Gasteiger partial charge in [-0.25, -0.2) is 0 Å². The molecule has 0 heterocycles. The minimum Gasteiger partial charge on any atom is -0.469 e. The first kappa shape index (κ1) is 16.7. The van der Waals surface area contributed by atoms with Crippen molar-refractivity contribution in [3.8, 4) is 0 Å².